The molecule has 3 aromatic carbocycles. The fraction of sp³-hybridized carbons (Fsp3) is 0.357. The van der Waals surface area contributed by atoms with Crippen LogP contribution in [0, 0.1) is 0 Å². The van der Waals surface area contributed by atoms with Crippen molar-refractivity contribution in [2.24, 2.45) is 0 Å². The molecule has 0 aromatic heterocycles. The lowest BCUT2D eigenvalue weighted by molar-refractivity contribution is 0.0213. The number of benzene rings is 3. The van der Waals surface area contributed by atoms with E-state index in [1.54, 1.807) is 0 Å². The van der Waals surface area contributed by atoms with Crippen molar-refractivity contribution >= 4 is 0 Å². The highest BCUT2D eigenvalue weighted by Gasteiger charge is 2.32. The molecule has 1 fully saturated rings. The van der Waals surface area contributed by atoms with Crippen LogP contribution in [0.3, 0.4) is 0 Å². The van der Waals surface area contributed by atoms with Gasteiger partial charge in [-0.3, -0.25) is 4.90 Å². The number of hydrogen-bond donors (Lipinski definition) is 2. The lowest BCUT2D eigenvalue weighted by Crippen LogP contribution is -2.34. The molecule has 0 amide bonds. The number of aliphatic hydroxyl groups is 1. The first kappa shape index (κ1) is 20.3. The molecule has 160 valence electrons. The van der Waals surface area contributed by atoms with E-state index in [2.05, 4.69) is 65.6 Å². The monoisotopic (exact) mass is 413 g/mol. The van der Waals surface area contributed by atoms with Gasteiger partial charge in [0.25, 0.3) is 0 Å². The minimum atomic E-state index is -0.385. The third-order valence-electron chi connectivity index (χ3n) is 7.14. The number of aryl methyl sites for hydroxylation is 1. The normalized spacial score (nSPS) is 22.2. The second-order valence-electron chi connectivity index (χ2n) is 9.09. The Kier molecular flexibility index (Phi) is 5.80. The molecule has 2 aliphatic rings. The van der Waals surface area contributed by atoms with Crippen LogP contribution in [0.2, 0.25) is 0 Å². The molecule has 3 nitrogen and oxygen atoms in total. The van der Waals surface area contributed by atoms with Gasteiger partial charge >= 0.3 is 0 Å². The van der Waals surface area contributed by atoms with Gasteiger partial charge in [0, 0.05) is 25.4 Å². The smallest absolute Gasteiger partial charge is 0.115 e. The number of fused-ring (bicyclic) bond motifs is 1. The van der Waals surface area contributed by atoms with E-state index in [0.717, 1.165) is 25.9 Å². The SMILES string of the molecule is Oc1ccc2c(c1)CCC(c1ccccc1)C2c1ccc(CC(O)N2CCCC2)cc1. The second-order valence-corrected chi connectivity index (χ2v) is 9.09. The number of rotatable bonds is 5. The van der Waals surface area contributed by atoms with Gasteiger partial charge in [-0.2, -0.15) is 0 Å². The standard InChI is InChI=1S/C28H31NO2/c30-24-13-15-26-23(19-24)12-14-25(21-6-2-1-3-7-21)28(26)22-10-8-20(9-11-22)18-27(31)29-16-4-5-17-29/h1-3,6-11,13,15,19,25,27-28,30-31H,4-5,12,14,16-18H2. The van der Waals surface area contributed by atoms with Crippen LogP contribution < -0.4 is 0 Å². The molecule has 0 radical (unpaired) electrons. The minimum Gasteiger partial charge on any atom is -0.508 e. The zero-order valence-corrected chi connectivity index (χ0v) is 18.0. The highest BCUT2D eigenvalue weighted by atomic mass is 16.3. The first-order valence-corrected chi connectivity index (χ1v) is 11.6. The lowest BCUT2D eigenvalue weighted by Gasteiger charge is -2.35. The molecule has 0 saturated carbocycles. The summed E-state index contributed by atoms with van der Waals surface area (Å²) < 4.78 is 0. The molecule has 3 atom stereocenters. The van der Waals surface area contributed by atoms with Crippen molar-refractivity contribution in [3.8, 4) is 5.75 Å². The van der Waals surface area contributed by atoms with Crippen molar-refractivity contribution in [3.05, 3.63) is 101 Å². The van der Waals surface area contributed by atoms with Crippen molar-refractivity contribution in [2.75, 3.05) is 13.1 Å². The van der Waals surface area contributed by atoms with Gasteiger partial charge in [-0.25, -0.2) is 0 Å². The fourth-order valence-electron chi connectivity index (χ4n) is 5.52. The molecule has 3 aromatic rings. The Hall–Kier alpha value is -2.62. The van der Waals surface area contributed by atoms with E-state index in [-0.39, 0.29) is 12.1 Å². The topological polar surface area (TPSA) is 43.7 Å². The lowest BCUT2D eigenvalue weighted by atomic mass is 9.69. The van der Waals surface area contributed by atoms with Crippen molar-refractivity contribution < 1.29 is 10.2 Å². The van der Waals surface area contributed by atoms with Gasteiger partial charge in [0.2, 0.25) is 0 Å². The van der Waals surface area contributed by atoms with E-state index in [4.69, 9.17) is 0 Å². The van der Waals surface area contributed by atoms with Gasteiger partial charge in [0.15, 0.2) is 0 Å². The molecule has 0 bridgehead atoms. The number of hydrogen-bond acceptors (Lipinski definition) is 3. The summed E-state index contributed by atoms with van der Waals surface area (Å²) in [4.78, 5) is 2.18. The Bertz CT molecular complexity index is 1010. The number of phenols is 1. The molecule has 3 unspecified atom stereocenters. The van der Waals surface area contributed by atoms with Crippen molar-refractivity contribution in [1.82, 2.24) is 4.90 Å². The van der Waals surface area contributed by atoms with Gasteiger partial charge < -0.3 is 10.2 Å². The summed E-state index contributed by atoms with van der Waals surface area (Å²) in [6, 6.07) is 25.5. The fourth-order valence-corrected chi connectivity index (χ4v) is 5.52. The van der Waals surface area contributed by atoms with Gasteiger partial charge in [-0.1, -0.05) is 60.7 Å². The average Bonchev–Trinajstić information content (AvgIpc) is 3.35. The maximum Gasteiger partial charge on any atom is 0.115 e. The average molecular weight is 414 g/mol. The van der Waals surface area contributed by atoms with E-state index < -0.39 is 0 Å². The molecular weight excluding hydrogens is 382 g/mol. The Morgan fingerprint density at radius 3 is 2.35 bits per heavy atom. The summed E-state index contributed by atoms with van der Waals surface area (Å²) in [7, 11) is 0. The van der Waals surface area contributed by atoms with E-state index in [1.165, 1.54) is 40.7 Å². The van der Waals surface area contributed by atoms with Crippen molar-refractivity contribution in [1.29, 1.82) is 0 Å². The first-order valence-electron chi connectivity index (χ1n) is 11.6. The Morgan fingerprint density at radius 2 is 1.61 bits per heavy atom. The number of nitrogens with zero attached hydrogens (tertiary/aromatic N) is 1. The molecule has 0 spiro atoms. The summed E-state index contributed by atoms with van der Waals surface area (Å²) >= 11 is 0. The van der Waals surface area contributed by atoms with Crippen molar-refractivity contribution in [2.45, 2.75) is 50.2 Å². The highest BCUT2D eigenvalue weighted by Crippen LogP contribution is 2.46. The summed E-state index contributed by atoms with van der Waals surface area (Å²) in [5, 5.41) is 20.6. The summed E-state index contributed by atoms with van der Waals surface area (Å²) in [6.45, 7) is 2.01. The second kappa shape index (κ2) is 8.86. The maximum absolute atomic E-state index is 10.6. The quantitative estimate of drug-likeness (QED) is 0.603. The summed E-state index contributed by atoms with van der Waals surface area (Å²) in [5.74, 6) is 1.03. The molecule has 1 heterocycles. The molecule has 2 N–H and O–H groups in total. The first-order chi connectivity index (χ1) is 15.2. The molecule has 1 aliphatic heterocycles. The predicted octanol–water partition coefficient (Wildman–Crippen LogP) is 5.21. The van der Waals surface area contributed by atoms with Gasteiger partial charge in [-0.15, -0.1) is 0 Å². The van der Waals surface area contributed by atoms with Crippen LogP contribution in [-0.2, 0) is 12.8 Å². The summed E-state index contributed by atoms with van der Waals surface area (Å²) in [6.07, 6.45) is 4.72. The van der Waals surface area contributed by atoms with Crippen LogP contribution in [0.15, 0.2) is 72.8 Å². The summed E-state index contributed by atoms with van der Waals surface area (Å²) in [5.41, 5.74) is 6.44. The third kappa shape index (κ3) is 4.26. The maximum atomic E-state index is 10.6. The molecule has 3 heteroatoms. The van der Waals surface area contributed by atoms with Gasteiger partial charge in [0.05, 0.1) is 0 Å². The largest absolute Gasteiger partial charge is 0.508 e. The number of aromatic hydroxyl groups is 1. The minimum absolute atomic E-state index is 0.268. The molecule has 5 rings (SSSR count). The van der Waals surface area contributed by atoms with Crippen molar-refractivity contribution in [3.63, 3.8) is 0 Å². The number of aliphatic hydroxyl groups excluding tert-OH is 1. The Morgan fingerprint density at radius 1 is 0.871 bits per heavy atom. The van der Waals surface area contributed by atoms with E-state index in [9.17, 15) is 10.2 Å². The molecular formula is C28H31NO2. The van der Waals surface area contributed by atoms with Crippen LogP contribution in [-0.4, -0.2) is 34.4 Å². The van der Waals surface area contributed by atoms with Crippen LogP contribution in [0.1, 0.15) is 58.9 Å². The van der Waals surface area contributed by atoms with Gasteiger partial charge in [0.1, 0.15) is 12.0 Å². The molecule has 1 saturated heterocycles. The number of phenolic OH excluding ortho intramolecular Hbond substituents is 1. The predicted molar refractivity (Wildman–Crippen MR) is 124 cm³/mol. The van der Waals surface area contributed by atoms with Crippen LogP contribution in [0.25, 0.3) is 0 Å². The van der Waals surface area contributed by atoms with Gasteiger partial charge in [-0.05, 0) is 71.6 Å². The Balaban J connectivity index is 1.45. The van der Waals surface area contributed by atoms with E-state index in [1.807, 2.05) is 12.1 Å². The highest BCUT2D eigenvalue weighted by molar-refractivity contribution is 5.47. The Labute approximate surface area is 185 Å². The third-order valence-corrected chi connectivity index (χ3v) is 7.14. The van der Waals surface area contributed by atoms with E-state index >= 15 is 0 Å². The van der Waals surface area contributed by atoms with E-state index in [0.29, 0.717) is 18.1 Å². The number of likely N-dealkylation sites (tertiary alicyclic amines) is 1. The van der Waals surface area contributed by atoms with Crippen LogP contribution in [0.5, 0.6) is 5.75 Å². The molecule has 1 aliphatic carbocycles. The van der Waals surface area contributed by atoms with Crippen LogP contribution in [0.4, 0.5) is 0 Å². The molecule has 31 heavy (non-hydrogen) atoms. The zero-order valence-electron chi connectivity index (χ0n) is 18.0. The zero-order chi connectivity index (χ0) is 21.2. The van der Waals surface area contributed by atoms with Crippen LogP contribution >= 0.6 is 0 Å².